The quantitative estimate of drug-likeness (QED) is 0.633. The predicted octanol–water partition coefficient (Wildman–Crippen LogP) is 4.07. The van der Waals surface area contributed by atoms with E-state index in [9.17, 15) is 4.79 Å². The van der Waals surface area contributed by atoms with Crippen LogP contribution in [0.2, 0.25) is 0 Å². The van der Waals surface area contributed by atoms with Crippen molar-refractivity contribution in [3.63, 3.8) is 0 Å². The summed E-state index contributed by atoms with van der Waals surface area (Å²) in [6, 6.07) is 13.7. The van der Waals surface area contributed by atoms with E-state index in [2.05, 4.69) is 16.3 Å². The average molecular weight is 401 g/mol. The fourth-order valence-electron chi connectivity index (χ4n) is 3.65. The van der Waals surface area contributed by atoms with Crippen molar-refractivity contribution in [2.75, 3.05) is 18.5 Å². The number of anilines is 1. The molecule has 0 aliphatic carbocycles. The molecule has 0 saturated carbocycles. The van der Waals surface area contributed by atoms with Gasteiger partial charge in [-0.2, -0.15) is 5.10 Å². The van der Waals surface area contributed by atoms with E-state index in [-0.39, 0.29) is 18.4 Å². The van der Waals surface area contributed by atoms with Crippen molar-refractivity contribution in [1.82, 2.24) is 9.78 Å². The number of carbonyl (C=O) groups excluding carboxylic acids is 1. The minimum atomic E-state index is -0.131. The van der Waals surface area contributed by atoms with E-state index in [0.717, 1.165) is 22.4 Å². The molecule has 30 heavy (non-hydrogen) atoms. The van der Waals surface area contributed by atoms with Crippen molar-refractivity contribution < 1.29 is 14.3 Å². The highest BCUT2D eigenvalue weighted by Gasteiger charge is 2.31. The molecule has 6 nitrogen and oxygen atoms in total. The van der Waals surface area contributed by atoms with E-state index in [1.165, 1.54) is 0 Å². The molecule has 4 rings (SSSR count). The second kappa shape index (κ2) is 8.34. The SMILES string of the molecule is C#CCOc1ccc([C@@H]2CC(=O)Nc3c2cnn3-c2ccc(C)cc2)cc1OCC. The fourth-order valence-corrected chi connectivity index (χ4v) is 3.65. The summed E-state index contributed by atoms with van der Waals surface area (Å²) < 4.78 is 13.1. The highest BCUT2D eigenvalue weighted by Crippen LogP contribution is 2.40. The molecular formula is C24H23N3O3. The Bertz CT molecular complexity index is 1110. The molecular weight excluding hydrogens is 378 g/mol. The van der Waals surface area contributed by atoms with Gasteiger partial charge in [-0.15, -0.1) is 6.42 Å². The van der Waals surface area contributed by atoms with Gasteiger partial charge in [0.25, 0.3) is 0 Å². The normalized spacial score (nSPS) is 15.1. The molecule has 1 amide bonds. The number of amides is 1. The van der Waals surface area contributed by atoms with Crippen LogP contribution in [0, 0.1) is 19.3 Å². The van der Waals surface area contributed by atoms with E-state index in [1.54, 1.807) is 4.68 Å². The maximum absolute atomic E-state index is 12.5. The molecule has 1 aliphatic rings. The molecule has 2 heterocycles. The summed E-state index contributed by atoms with van der Waals surface area (Å²) >= 11 is 0. The second-order valence-electron chi connectivity index (χ2n) is 7.13. The number of benzene rings is 2. The van der Waals surface area contributed by atoms with Crippen molar-refractivity contribution in [3.8, 4) is 29.5 Å². The third kappa shape index (κ3) is 3.74. The molecule has 0 saturated heterocycles. The highest BCUT2D eigenvalue weighted by molar-refractivity contribution is 5.94. The molecule has 0 unspecified atom stereocenters. The zero-order valence-corrected chi connectivity index (χ0v) is 17.0. The Kier molecular flexibility index (Phi) is 5.44. The molecule has 1 aromatic heterocycles. The molecule has 1 atom stereocenters. The molecule has 1 N–H and O–H groups in total. The van der Waals surface area contributed by atoms with Gasteiger partial charge < -0.3 is 14.8 Å². The van der Waals surface area contributed by atoms with Crippen molar-refractivity contribution in [1.29, 1.82) is 0 Å². The Morgan fingerprint density at radius 3 is 2.73 bits per heavy atom. The maximum Gasteiger partial charge on any atom is 0.226 e. The van der Waals surface area contributed by atoms with Crippen LogP contribution in [0.1, 0.15) is 36.0 Å². The standard InChI is InChI=1S/C24H23N3O3/c1-4-12-30-21-11-8-17(13-22(21)29-5-2)19-14-23(28)26-24-20(19)15-25-27(24)18-9-6-16(3)7-10-18/h1,6-11,13,15,19H,5,12,14H2,2-3H3,(H,26,28)/t19-/m0/s1. The Balaban J connectivity index is 1.73. The lowest BCUT2D eigenvalue weighted by Crippen LogP contribution is -2.24. The van der Waals surface area contributed by atoms with Gasteiger partial charge in [0, 0.05) is 17.9 Å². The number of nitrogens with one attached hydrogen (secondary N) is 1. The van der Waals surface area contributed by atoms with Gasteiger partial charge >= 0.3 is 0 Å². The van der Waals surface area contributed by atoms with Crippen LogP contribution in [0.15, 0.2) is 48.7 Å². The van der Waals surface area contributed by atoms with Gasteiger partial charge in [0.1, 0.15) is 12.4 Å². The molecule has 0 spiro atoms. The number of hydrogen-bond donors (Lipinski definition) is 1. The first-order valence-electron chi connectivity index (χ1n) is 9.88. The van der Waals surface area contributed by atoms with Gasteiger partial charge in [-0.25, -0.2) is 4.68 Å². The Hall–Kier alpha value is -3.72. The second-order valence-corrected chi connectivity index (χ2v) is 7.13. The van der Waals surface area contributed by atoms with Gasteiger partial charge in [0.15, 0.2) is 11.5 Å². The van der Waals surface area contributed by atoms with Crippen molar-refractivity contribution >= 4 is 11.7 Å². The number of ether oxygens (including phenoxy) is 2. The first-order valence-corrected chi connectivity index (χ1v) is 9.88. The third-order valence-corrected chi connectivity index (χ3v) is 5.08. The Morgan fingerprint density at radius 1 is 1.20 bits per heavy atom. The third-order valence-electron chi connectivity index (χ3n) is 5.08. The van der Waals surface area contributed by atoms with E-state index in [0.29, 0.717) is 30.3 Å². The summed E-state index contributed by atoms with van der Waals surface area (Å²) in [4.78, 5) is 12.5. The summed E-state index contributed by atoms with van der Waals surface area (Å²) in [6.45, 7) is 4.61. The van der Waals surface area contributed by atoms with E-state index < -0.39 is 0 Å². The molecule has 1 aliphatic heterocycles. The zero-order valence-electron chi connectivity index (χ0n) is 17.0. The van der Waals surface area contributed by atoms with E-state index >= 15 is 0 Å². The fraction of sp³-hybridized carbons (Fsp3) is 0.250. The lowest BCUT2D eigenvalue weighted by Gasteiger charge is -2.24. The number of aromatic nitrogens is 2. The number of hydrogen-bond acceptors (Lipinski definition) is 4. The van der Waals surface area contributed by atoms with Gasteiger partial charge in [0.2, 0.25) is 5.91 Å². The van der Waals surface area contributed by atoms with Gasteiger partial charge in [-0.05, 0) is 43.7 Å². The topological polar surface area (TPSA) is 65.4 Å². The van der Waals surface area contributed by atoms with Crippen LogP contribution in [0.3, 0.4) is 0 Å². The van der Waals surface area contributed by atoms with Gasteiger partial charge in [-0.1, -0.05) is 29.7 Å². The van der Waals surface area contributed by atoms with Crippen molar-refractivity contribution in [2.24, 2.45) is 0 Å². The Labute approximate surface area is 175 Å². The summed E-state index contributed by atoms with van der Waals surface area (Å²) in [5.41, 5.74) is 3.99. The van der Waals surface area contributed by atoms with Crippen LogP contribution in [-0.2, 0) is 4.79 Å². The molecule has 2 aromatic carbocycles. The molecule has 3 aromatic rings. The average Bonchev–Trinajstić information content (AvgIpc) is 3.16. The van der Waals surface area contributed by atoms with E-state index in [1.807, 2.05) is 62.5 Å². The van der Waals surface area contributed by atoms with Crippen LogP contribution in [0.4, 0.5) is 5.82 Å². The minimum Gasteiger partial charge on any atom is -0.490 e. The predicted molar refractivity (Wildman–Crippen MR) is 115 cm³/mol. The molecule has 6 heteroatoms. The zero-order chi connectivity index (χ0) is 21.1. The first kappa shape index (κ1) is 19.6. The lowest BCUT2D eigenvalue weighted by molar-refractivity contribution is -0.116. The number of rotatable bonds is 6. The maximum atomic E-state index is 12.5. The summed E-state index contributed by atoms with van der Waals surface area (Å²) in [7, 11) is 0. The first-order chi connectivity index (χ1) is 14.6. The summed E-state index contributed by atoms with van der Waals surface area (Å²) in [6.07, 6.45) is 7.46. The molecule has 0 fully saturated rings. The number of carbonyl (C=O) groups is 1. The van der Waals surface area contributed by atoms with Gasteiger partial charge in [-0.3, -0.25) is 4.79 Å². The van der Waals surface area contributed by atoms with E-state index in [4.69, 9.17) is 15.9 Å². The van der Waals surface area contributed by atoms with Crippen molar-refractivity contribution in [2.45, 2.75) is 26.2 Å². The molecule has 0 bridgehead atoms. The van der Waals surface area contributed by atoms with Crippen LogP contribution in [0.5, 0.6) is 11.5 Å². The van der Waals surface area contributed by atoms with Crippen LogP contribution < -0.4 is 14.8 Å². The molecule has 0 radical (unpaired) electrons. The summed E-state index contributed by atoms with van der Waals surface area (Å²) in [5, 5.41) is 7.53. The number of nitrogens with zero attached hydrogens (tertiary/aromatic N) is 2. The minimum absolute atomic E-state index is 0.0491. The summed E-state index contributed by atoms with van der Waals surface area (Å²) in [5.74, 6) is 4.19. The highest BCUT2D eigenvalue weighted by atomic mass is 16.5. The Morgan fingerprint density at radius 2 is 2.00 bits per heavy atom. The van der Waals surface area contributed by atoms with Crippen LogP contribution in [-0.4, -0.2) is 28.9 Å². The number of aryl methyl sites for hydroxylation is 1. The number of terminal acetylenes is 1. The monoisotopic (exact) mass is 401 g/mol. The molecule has 152 valence electrons. The van der Waals surface area contributed by atoms with Crippen molar-refractivity contribution in [3.05, 3.63) is 65.4 Å². The van der Waals surface area contributed by atoms with Crippen LogP contribution in [0.25, 0.3) is 5.69 Å². The number of fused-ring (bicyclic) bond motifs is 1. The van der Waals surface area contributed by atoms with Crippen LogP contribution >= 0.6 is 0 Å². The van der Waals surface area contributed by atoms with Gasteiger partial charge in [0.05, 0.1) is 18.5 Å². The smallest absolute Gasteiger partial charge is 0.226 e. The lowest BCUT2D eigenvalue weighted by atomic mass is 9.87. The largest absolute Gasteiger partial charge is 0.490 e.